The zero-order valence-corrected chi connectivity index (χ0v) is 19.4. The number of ether oxygens (including phenoxy) is 2. The van der Waals surface area contributed by atoms with E-state index < -0.39 is 0 Å². The Morgan fingerprint density at radius 1 is 0.559 bits per heavy atom. The molecule has 2 heteroatoms. The van der Waals surface area contributed by atoms with Gasteiger partial charge in [0.1, 0.15) is 11.5 Å². The van der Waals surface area contributed by atoms with E-state index in [4.69, 9.17) is 9.47 Å². The highest BCUT2D eigenvalue weighted by atomic mass is 16.5. The van der Waals surface area contributed by atoms with E-state index in [2.05, 4.69) is 73.7 Å². The standard InChI is InChI=1S/C32H25O2/c1-4-26-27-18-12-20-6-5-7-21-13-19-28(32(27)29(20)21)31(23-10-16-25(34-3)17-11-23)30(26)22-8-14-24(33-2)15-9-22/h5-19H,1,4H2,2-3H3. The molecule has 0 saturated carbocycles. The summed E-state index contributed by atoms with van der Waals surface area (Å²) in [5, 5.41) is 7.71. The van der Waals surface area contributed by atoms with Gasteiger partial charge in [0.25, 0.3) is 0 Å². The van der Waals surface area contributed by atoms with Gasteiger partial charge >= 0.3 is 0 Å². The summed E-state index contributed by atoms with van der Waals surface area (Å²) in [7, 11) is 3.40. The molecule has 0 aliphatic rings. The predicted molar refractivity (Wildman–Crippen MR) is 143 cm³/mol. The molecule has 0 fully saturated rings. The molecule has 0 saturated heterocycles. The number of hydrogen-bond donors (Lipinski definition) is 0. The first kappa shape index (κ1) is 20.6. The van der Waals surface area contributed by atoms with Crippen molar-refractivity contribution in [3.8, 4) is 33.8 Å². The first-order valence-electron chi connectivity index (χ1n) is 11.5. The summed E-state index contributed by atoms with van der Waals surface area (Å²) in [6.45, 7) is 4.38. The van der Waals surface area contributed by atoms with E-state index >= 15 is 0 Å². The SMILES string of the molecule is [CH2]Cc1c(-c2ccc(OC)cc2)c(-c2ccc(OC)cc2)c2ccc3cccc4ccc1c2c43. The Balaban J connectivity index is 1.81. The van der Waals surface area contributed by atoms with Crippen LogP contribution in [0.3, 0.4) is 0 Å². The monoisotopic (exact) mass is 441 g/mol. The van der Waals surface area contributed by atoms with Gasteiger partial charge in [0.2, 0.25) is 0 Å². The summed E-state index contributed by atoms with van der Waals surface area (Å²) in [5.41, 5.74) is 6.06. The van der Waals surface area contributed by atoms with E-state index in [1.54, 1.807) is 14.2 Å². The fourth-order valence-corrected chi connectivity index (χ4v) is 5.36. The first-order valence-corrected chi connectivity index (χ1v) is 11.5. The van der Waals surface area contributed by atoms with Gasteiger partial charge in [-0.2, -0.15) is 0 Å². The van der Waals surface area contributed by atoms with Gasteiger partial charge in [-0.05, 0) is 97.7 Å². The van der Waals surface area contributed by atoms with Crippen molar-refractivity contribution in [2.75, 3.05) is 14.2 Å². The number of hydrogen-bond acceptors (Lipinski definition) is 2. The fraction of sp³-hybridized carbons (Fsp3) is 0.0938. The van der Waals surface area contributed by atoms with Crippen LogP contribution in [0.15, 0.2) is 91.0 Å². The van der Waals surface area contributed by atoms with Crippen LogP contribution in [0, 0.1) is 6.92 Å². The van der Waals surface area contributed by atoms with E-state index in [-0.39, 0.29) is 0 Å². The molecule has 0 aliphatic heterocycles. The van der Waals surface area contributed by atoms with Crippen LogP contribution in [-0.2, 0) is 6.42 Å². The second kappa shape index (κ2) is 8.07. The van der Waals surface area contributed by atoms with Crippen LogP contribution in [0.5, 0.6) is 11.5 Å². The second-order valence-corrected chi connectivity index (χ2v) is 8.62. The van der Waals surface area contributed by atoms with Gasteiger partial charge in [-0.25, -0.2) is 0 Å². The highest BCUT2D eigenvalue weighted by Gasteiger charge is 2.21. The van der Waals surface area contributed by atoms with Crippen LogP contribution in [0.2, 0.25) is 0 Å². The number of methoxy groups -OCH3 is 2. The van der Waals surface area contributed by atoms with Gasteiger partial charge < -0.3 is 9.47 Å². The molecule has 0 unspecified atom stereocenters. The number of rotatable bonds is 5. The highest BCUT2D eigenvalue weighted by Crippen LogP contribution is 2.47. The Kier molecular flexibility index (Phi) is 4.88. The third-order valence-corrected chi connectivity index (χ3v) is 6.93. The Bertz CT molecular complexity index is 1610. The van der Waals surface area contributed by atoms with Gasteiger partial charge in [-0.15, -0.1) is 0 Å². The summed E-state index contributed by atoms with van der Waals surface area (Å²) >= 11 is 0. The molecule has 6 aromatic rings. The second-order valence-electron chi connectivity index (χ2n) is 8.62. The molecule has 0 amide bonds. The zero-order valence-electron chi connectivity index (χ0n) is 19.4. The Labute approximate surface area is 199 Å². The van der Waals surface area contributed by atoms with Crippen LogP contribution in [-0.4, -0.2) is 14.2 Å². The largest absolute Gasteiger partial charge is 0.497 e. The summed E-state index contributed by atoms with van der Waals surface area (Å²) in [5.74, 6) is 1.70. The average Bonchev–Trinajstić information content (AvgIpc) is 2.91. The van der Waals surface area contributed by atoms with Crippen molar-refractivity contribution >= 4 is 32.3 Å². The summed E-state index contributed by atoms with van der Waals surface area (Å²) in [6.07, 6.45) is 0.693. The van der Waals surface area contributed by atoms with Gasteiger partial charge in [0.15, 0.2) is 0 Å². The maximum absolute atomic E-state index is 5.45. The Hall–Kier alpha value is -4.04. The molecule has 2 nitrogen and oxygen atoms in total. The summed E-state index contributed by atoms with van der Waals surface area (Å²) in [4.78, 5) is 0. The van der Waals surface area contributed by atoms with Crippen molar-refractivity contribution in [2.24, 2.45) is 0 Å². The minimum atomic E-state index is 0.693. The average molecular weight is 442 g/mol. The van der Waals surface area contributed by atoms with E-state index in [9.17, 15) is 0 Å². The molecular formula is C32H25O2. The van der Waals surface area contributed by atoms with E-state index in [1.807, 2.05) is 24.3 Å². The van der Waals surface area contributed by atoms with Crippen LogP contribution in [0.4, 0.5) is 0 Å². The topological polar surface area (TPSA) is 18.5 Å². The molecule has 0 aromatic heterocycles. The predicted octanol–water partition coefficient (Wildman–Crippen LogP) is 8.31. The minimum absolute atomic E-state index is 0.693. The van der Waals surface area contributed by atoms with Gasteiger partial charge in [0.05, 0.1) is 14.2 Å². The van der Waals surface area contributed by atoms with Crippen molar-refractivity contribution in [1.82, 2.24) is 0 Å². The molecule has 0 spiro atoms. The normalized spacial score (nSPS) is 11.5. The molecule has 1 radical (unpaired) electrons. The smallest absolute Gasteiger partial charge is 0.118 e. The molecule has 165 valence electrons. The molecule has 0 aliphatic carbocycles. The lowest BCUT2D eigenvalue weighted by Crippen LogP contribution is -1.98. The lowest BCUT2D eigenvalue weighted by atomic mass is 9.81. The quantitative estimate of drug-likeness (QED) is 0.250. The molecule has 6 rings (SSSR count). The lowest BCUT2D eigenvalue weighted by molar-refractivity contribution is 0.414. The Morgan fingerprint density at radius 2 is 1.09 bits per heavy atom. The van der Waals surface area contributed by atoms with Crippen molar-refractivity contribution in [3.63, 3.8) is 0 Å². The van der Waals surface area contributed by atoms with Gasteiger partial charge in [-0.3, -0.25) is 0 Å². The Morgan fingerprint density at radius 3 is 1.62 bits per heavy atom. The molecule has 0 atom stereocenters. The zero-order chi connectivity index (χ0) is 23.2. The molecule has 0 N–H and O–H groups in total. The van der Waals surface area contributed by atoms with Crippen LogP contribution in [0.25, 0.3) is 54.6 Å². The molecule has 6 aromatic carbocycles. The molecule has 0 bridgehead atoms. The third-order valence-electron chi connectivity index (χ3n) is 6.93. The van der Waals surface area contributed by atoms with Gasteiger partial charge in [0, 0.05) is 0 Å². The lowest BCUT2D eigenvalue weighted by Gasteiger charge is -2.23. The first-order chi connectivity index (χ1) is 16.7. The third kappa shape index (κ3) is 3.03. The molecule has 0 heterocycles. The fourth-order valence-electron chi connectivity index (χ4n) is 5.36. The van der Waals surface area contributed by atoms with Crippen molar-refractivity contribution in [1.29, 1.82) is 0 Å². The van der Waals surface area contributed by atoms with Gasteiger partial charge in [-0.1, -0.05) is 66.7 Å². The van der Waals surface area contributed by atoms with Crippen molar-refractivity contribution in [2.45, 2.75) is 6.42 Å². The highest BCUT2D eigenvalue weighted by molar-refractivity contribution is 6.28. The van der Waals surface area contributed by atoms with Crippen LogP contribution < -0.4 is 9.47 Å². The van der Waals surface area contributed by atoms with E-state index in [0.717, 1.165) is 17.1 Å². The van der Waals surface area contributed by atoms with Crippen LogP contribution >= 0.6 is 0 Å². The maximum Gasteiger partial charge on any atom is 0.118 e. The van der Waals surface area contributed by atoms with Crippen molar-refractivity contribution < 1.29 is 9.47 Å². The van der Waals surface area contributed by atoms with Crippen molar-refractivity contribution in [3.05, 3.63) is 103 Å². The minimum Gasteiger partial charge on any atom is -0.497 e. The summed E-state index contributed by atoms with van der Waals surface area (Å²) in [6, 6.07) is 32.3. The molecule has 34 heavy (non-hydrogen) atoms. The maximum atomic E-state index is 5.45. The molecular weight excluding hydrogens is 416 g/mol. The van der Waals surface area contributed by atoms with Crippen LogP contribution in [0.1, 0.15) is 5.56 Å². The van der Waals surface area contributed by atoms with E-state index in [0.29, 0.717) is 6.42 Å². The summed E-state index contributed by atoms with van der Waals surface area (Å²) < 4.78 is 10.9. The number of benzene rings is 6. The van der Waals surface area contributed by atoms with E-state index in [1.165, 1.54) is 54.6 Å².